The van der Waals surface area contributed by atoms with Crippen LogP contribution >= 0.6 is 10.7 Å². The highest BCUT2D eigenvalue weighted by atomic mass is 35.7. The van der Waals surface area contributed by atoms with Crippen LogP contribution in [0.2, 0.25) is 0 Å². The van der Waals surface area contributed by atoms with E-state index in [-0.39, 0.29) is 10.8 Å². The normalized spacial score (nSPS) is 12.9. The highest BCUT2D eigenvalue weighted by Crippen LogP contribution is 2.14. The van der Waals surface area contributed by atoms with Crippen molar-refractivity contribution in [3.63, 3.8) is 0 Å². The van der Waals surface area contributed by atoms with Crippen LogP contribution in [0.25, 0.3) is 0 Å². The molecule has 98 valence electrons. The summed E-state index contributed by atoms with van der Waals surface area (Å²) in [5, 5.41) is -0.212. The first kappa shape index (κ1) is 14.5. The largest absolute Gasteiger partial charge is 0.334 e. The molecule has 0 fully saturated rings. The van der Waals surface area contributed by atoms with Gasteiger partial charge < -0.3 is 4.57 Å². The molecule has 0 saturated heterocycles. The average molecular weight is 301 g/mol. The maximum absolute atomic E-state index is 11.0. The van der Waals surface area contributed by atoms with E-state index in [2.05, 4.69) is 4.98 Å². The molecule has 0 amide bonds. The maximum atomic E-state index is 11.0. The van der Waals surface area contributed by atoms with E-state index in [1.54, 1.807) is 11.5 Å². The minimum absolute atomic E-state index is 0.0492. The monoisotopic (exact) mass is 300 g/mol. The fraction of sp³-hybridized carbons (Fsp3) is 0.625. The van der Waals surface area contributed by atoms with Gasteiger partial charge >= 0.3 is 0 Å². The molecule has 0 aliphatic carbocycles. The first-order valence-corrected chi connectivity index (χ1v) is 9.13. The Morgan fingerprint density at radius 3 is 2.35 bits per heavy atom. The van der Waals surface area contributed by atoms with Crippen molar-refractivity contribution < 1.29 is 16.8 Å². The minimum Gasteiger partial charge on any atom is -0.334 e. The Hall–Kier alpha value is -0.600. The minimum atomic E-state index is -3.84. The van der Waals surface area contributed by atoms with Crippen LogP contribution in [0.5, 0.6) is 0 Å². The maximum Gasteiger partial charge on any atom is 0.280 e. The van der Waals surface area contributed by atoms with E-state index in [4.69, 9.17) is 10.7 Å². The van der Waals surface area contributed by atoms with Crippen LogP contribution < -0.4 is 0 Å². The van der Waals surface area contributed by atoms with Gasteiger partial charge in [0.25, 0.3) is 9.05 Å². The Kier molecular flexibility index (Phi) is 4.21. The Bertz CT molecular complexity index is 603. The molecule has 9 heteroatoms. The molecule has 0 aliphatic rings. The number of rotatable bonds is 5. The van der Waals surface area contributed by atoms with Crippen molar-refractivity contribution in [1.82, 2.24) is 9.55 Å². The lowest BCUT2D eigenvalue weighted by Gasteiger charge is -2.03. The molecule has 1 aromatic rings. The molecule has 0 atom stereocenters. The van der Waals surface area contributed by atoms with Crippen LogP contribution in [-0.4, -0.2) is 38.4 Å². The number of hydrogen-bond donors (Lipinski definition) is 0. The van der Waals surface area contributed by atoms with Gasteiger partial charge in [0.05, 0.1) is 5.75 Å². The number of aromatic nitrogens is 2. The lowest BCUT2D eigenvalue weighted by molar-refractivity contribution is 0.589. The molecule has 1 aromatic heterocycles. The summed E-state index contributed by atoms with van der Waals surface area (Å²) in [5.41, 5.74) is 0. The standard InChI is InChI=1S/C8H13ClN2O4S2/c1-7-10-8(17(9,14)15)6-11(7)4-3-5-16(2,12)13/h6H,3-5H2,1-2H3. The van der Waals surface area contributed by atoms with Crippen molar-refractivity contribution in [3.05, 3.63) is 12.0 Å². The molecule has 0 N–H and O–H groups in total. The smallest absolute Gasteiger partial charge is 0.280 e. The Balaban J connectivity index is 2.77. The van der Waals surface area contributed by atoms with Crippen molar-refractivity contribution in [2.24, 2.45) is 0 Å². The van der Waals surface area contributed by atoms with E-state index in [1.165, 1.54) is 6.20 Å². The topological polar surface area (TPSA) is 86.1 Å². The van der Waals surface area contributed by atoms with Crippen molar-refractivity contribution >= 4 is 29.6 Å². The Labute approximate surface area is 105 Å². The van der Waals surface area contributed by atoms with Gasteiger partial charge in [0, 0.05) is 29.7 Å². The van der Waals surface area contributed by atoms with Crippen LogP contribution in [-0.2, 0) is 25.4 Å². The van der Waals surface area contributed by atoms with Gasteiger partial charge in [-0.15, -0.1) is 0 Å². The Morgan fingerprint density at radius 2 is 1.94 bits per heavy atom. The van der Waals surface area contributed by atoms with Crippen molar-refractivity contribution in [1.29, 1.82) is 0 Å². The Morgan fingerprint density at radius 1 is 1.35 bits per heavy atom. The average Bonchev–Trinajstić information content (AvgIpc) is 2.45. The molecule has 17 heavy (non-hydrogen) atoms. The van der Waals surface area contributed by atoms with Crippen LogP contribution in [0.15, 0.2) is 11.2 Å². The molecule has 0 bridgehead atoms. The molecule has 0 unspecified atom stereocenters. The lowest BCUT2D eigenvalue weighted by atomic mass is 10.4. The van der Waals surface area contributed by atoms with Crippen molar-refractivity contribution in [2.45, 2.75) is 24.9 Å². The predicted octanol–water partition coefficient (Wildman–Crippen LogP) is 0.554. The van der Waals surface area contributed by atoms with Crippen LogP contribution in [0, 0.1) is 6.92 Å². The summed E-state index contributed by atoms with van der Waals surface area (Å²) >= 11 is 0. The molecule has 0 radical (unpaired) electrons. The molecule has 1 rings (SSSR count). The lowest BCUT2D eigenvalue weighted by Crippen LogP contribution is -2.07. The fourth-order valence-corrected chi connectivity index (χ4v) is 2.69. The molecule has 0 saturated carbocycles. The van der Waals surface area contributed by atoms with E-state index in [1.807, 2.05) is 0 Å². The fourth-order valence-electron chi connectivity index (χ4n) is 1.32. The molecular weight excluding hydrogens is 288 g/mol. The molecule has 0 aromatic carbocycles. The van der Waals surface area contributed by atoms with Gasteiger partial charge in [-0.1, -0.05) is 0 Å². The summed E-state index contributed by atoms with van der Waals surface area (Å²) in [6, 6.07) is 0. The van der Waals surface area contributed by atoms with E-state index < -0.39 is 18.9 Å². The third-order valence-corrected chi connectivity index (χ3v) is 4.32. The van der Waals surface area contributed by atoms with Crippen molar-refractivity contribution in [3.8, 4) is 0 Å². The van der Waals surface area contributed by atoms with E-state index >= 15 is 0 Å². The predicted molar refractivity (Wildman–Crippen MR) is 64.3 cm³/mol. The van der Waals surface area contributed by atoms with Crippen molar-refractivity contribution in [2.75, 3.05) is 12.0 Å². The number of hydrogen-bond acceptors (Lipinski definition) is 5. The highest BCUT2D eigenvalue weighted by molar-refractivity contribution is 8.13. The van der Waals surface area contributed by atoms with E-state index in [9.17, 15) is 16.8 Å². The summed E-state index contributed by atoms with van der Waals surface area (Å²) in [6.45, 7) is 2.02. The number of nitrogens with zero attached hydrogens (tertiary/aromatic N) is 2. The number of sulfone groups is 1. The second-order valence-electron chi connectivity index (χ2n) is 3.74. The van der Waals surface area contributed by atoms with Gasteiger partial charge in [-0.05, 0) is 13.3 Å². The third kappa shape index (κ3) is 4.64. The van der Waals surface area contributed by atoms with Gasteiger partial charge in [-0.2, -0.15) is 0 Å². The molecular formula is C8H13ClN2O4S2. The summed E-state index contributed by atoms with van der Waals surface area (Å²) in [4.78, 5) is 3.79. The van der Waals surface area contributed by atoms with Crippen LogP contribution in [0.3, 0.4) is 0 Å². The first-order chi connectivity index (χ1) is 7.59. The van der Waals surface area contributed by atoms with Crippen LogP contribution in [0.1, 0.15) is 12.2 Å². The zero-order chi connectivity index (χ0) is 13.3. The van der Waals surface area contributed by atoms with Gasteiger partial charge in [-0.3, -0.25) is 0 Å². The van der Waals surface area contributed by atoms with Crippen LogP contribution in [0.4, 0.5) is 0 Å². The molecule has 0 aliphatic heterocycles. The SMILES string of the molecule is Cc1nc(S(=O)(=O)Cl)cn1CCCS(C)(=O)=O. The summed E-state index contributed by atoms with van der Waals surface area (Å²) in [7, 11) is -1.69. The van der Waals surface area contributed by atoms with E-state index in [0.29, 0.717) is 18.8 Å². The van der Waals surface area contributed by atoms with Gasteiger partial charge in [-0.25, -0.2) is 21.8 Å². The second kappa shape index (κ2) is 4.95. The second-order valence-corrected chi connectivity index (χ2v) is 8.51. The van der Waals surface area contributed by atoms with Gasteiger partial charge in [0.1, 0.15) is 15.7 Å². The number of aryl methyl sites for hydroxylation is 2. The van der Waals surface area contributed by atoms with E-state index in [0.717, 1.165) is 6.26 Å². The molecule has 0 spiro atoms. The highest BCUT2D eigenvalue weighted by Gasteiger charge is 2.16. The summed E-state index contributed by atoms with van der Waals surface area (Å²) < 4.78 is 45.5. The molecule has 6 nitrogen and oxygen atoms in total. The van der Waals surface area contributed by atoms with Gasteiger partial charge in [0.15, 0.2) is 5.03 Å². The first-order valence-electron chi connectivity index (χ1n) is 4.76. The van der Waals surface area contributed by atoms with Gasteiger partial charge in [0.2, 0.25) is 0 Å². The zero-order valence-corrected chi connectivity index (χ0v) is 11.8. The third-order valence-electron chi connectivity index (χ3n) is 2.12. The number of halogens is 1. The summed E-state index contributed by atoms with van der Waals surface area (Å²) in [6.07, 6.45) is 2.86. The summed E-state index contributed by atoms with van der Waals surface area (Å²) in [5.74, 6) is 0.533. The quantitative estimate of drug-likeness (QED) is 0.741. The zero-order valence-electron chi connectivity index (χ0n) is 9.42. The number of imidazole rings is 1. The molecule has 1 heterocycles.